The molecule has 0 aromatic rings. The van der Waals surface area contributed by atoms with Crippen molar-refractivity contribution in [3.05, 3.63) is 0 Å². The number of hydrogen-bond acceptors (Lipinski definition) is 2. The minimum atomic E-state index is -0.819. The summed E-state index contributed by atoms with van der Waals surface area (Å²) in [5, 5.41) is 9.06. The molecular weight excluding hydrogens is 128 g/mol. The van der Waals surface area contributed by atoms with Crippen molar-refractivity contribution in [2.45, 2.75) is 38.2 Å². The number of rotatable bonds is 2. The quantitative estimate of drug-likeness (QED) is 0.623. The van der Waals surface area contributed by atoms with Gasteiger partial charge in [0.05, 0.1) is 0 Å². The smallest absolute Gasteiger partial charge is 0.229 e. The zero-order valence-electron chi connectivity index (χ0n) is 6.05. The van der Waals surface area contributed by atoms with Crippen LogP contribution in [-0.2, 0) is 4.79 Å². The number of aliphatic hydroxyl groups is 1. The molecule has 1 saturated carbocycles. The molecular formula is C8H13O2. The van der Waals surface area contributed by atoms with Crippen molar-refractivity contribution < 1.29 is 9.90 Å². The van der Waals surface area contributed by atoms with Crippen LogP contribution in [0.5, 0.6) is 0 Å². The van der Waals surface area contributed by atoms with Gasteiger partial charge in [-0.05, 0) is 18.8 Å². The van der Waals surface area contributed by atoms with Gasteiger partial charge in [-0.25, -0.2) is 0 Å². The Morgan fingerprint density at radius 2 is 1.90 bits per heavy atom. The van der Waals surface area contributed by atoms with Gasteiger partial charge in [-0.3, -0.25) is 4.79 Å². The number of hydrogen-bond donors (Lipinski definition) is 1. The molecule has 1 aliphatic carbocycles. The molecule has 1 fully saturated rings. The average Bonchev–Trinajstić information content (AvgIpc) is 2.05. The van der Waals surface area contributed by atoms with Crippen LogP contribution in [0.4, 0.5) is 0 Å². The van der Waals surface area contributed by atoms with E-state index in [0.29, 0.717) is 0 Å². The maximum absolute atomic E-state index is 10.0. The molecule has 10 heavy (non-hydrogen) atoms. The molecule has 1 N–H and O–H groups in total. The van der Waals surface area contributed by atoms with E-state index in [0.717, 1.165) is 25.7 Å². The van der Waals surface area contributed by atoms with E-state index in [1.165, 1.54) is 6.42 Å². The predicted octanol–water partition coefficient (Wildman–Crippen LogP) is 1.04. The first-order chi connectivity index (χ1) is 4.84. The lowest BCUT2D eigenvalue weighted by molar-refractivity contribution is 0.137. The molecule has 2 nitrogen and oxygen atoms in total. The SMILES string of the molecule is O=[C][C@H](O)C1CCCCC1. The minimum absolute atomic E-state index is 0.200. The highest BCUT2D eigenvalue weighted by Crippen LogP contribution is 2.25. The molecule has 0 saturated heterocycles. The van der Waals surface area contributed by atoms with Crippen LogP contribution in [0.25, 0.3) is 0 Å². The first kappa shape index (κ1) is 7.73. The molecule has 1 radical (unpaired) electrons. The molecule has 0 spiro atoms. The highest BCUT2D eigenvalue weighted by atomic mass is 16.3. The normalized spacial score (nSPS) is 24.1. The first-order valence-corrected chi connectivity index (χ1v) is 3.90. The molecule has 0 aliphatic heterocycles. The molecule has 0 bridgehead atoms. The van der Waals surface area contributed by atoms with Crippen LogP contribution in [0.1, 0.15) is 32.1 Å². The Morgan fingerprint density at radius 3 is 2.40 bits per heavy atom. The van der Waals surface area contributed by atoms with Crippen LogP contribution in [0.15, 0.2) is 0 Å². The fraction of sp³-hybridized carbons (Fsp3) is 0.875. The van der Waals surface area contributed by atoms with Crippen molar-refractivity contribution in [3.63, 3.8) is 0 Å². The molecule has 0 unspecified atom stereocenters. The summed E-state index contributed by atoms with van der Waals surface area (Å²) < 4.78 is 0. The van der Waals surface area contributed by atoms with Crippen molar-refractivity contribution in [3.8, 4) is 0 Å². The first-order valence-electron chi connectivity index (χ1n) is 3.90. The summed E-state index contributed by atoms with van der Waals surface area (Å²) in [5.74, 6) is 0.200. The molecule has 0 aromatic heterocycles. The second-order valence-corrected chi connectivity index (χ2v) is 2.96. The van der Waals surface area contributed by atoms with E-state index in [-0.39, 0.29) is 5.92 Å². The van der Waals surface area contributed by atoms with E-state index in [1.54, 1.807) is 6.29 Å². The van der Waals surface area contributed by atoms with Crippen LogP contribution >= 0.6 is 0 Å². The third kappa shape index (κ3) is 1.81. The van der Waals surface area contributed by atoms with Gasteiger partial charge in [0.2, 0.25) is 6.29 Å². The summed E-state index contributed by atoms with van der Waals surface area (Å²) in [6.07, 6.45) is 6.38. The second-order valence-electron chi connectivity index (χ2n) is 2.96. The van der Waals surface area contributed by atoms with E-state index in [1.807, 2.05) is 0 Å². The molecule has 1 rings (SSSR count). The van der Waals surface area contributed by atoms with Crippen molar-refractivity contribution in [1.29, 1.82) is 0 Å². The van der Waals surface area contributed by atoms with Crippen molar-refractivity contribution >= 4 is 6.29 Å². The Morgan fingerprint density at radius 1 is 1.30 bits per heavy atom. The molecule has 0 aromatic carbocycles. The zero-order chi connectivity index (χ0) is 7.40. The van der Waals surface area contributed by atoms with Gasteiger partial charge in [0.1, 0.15) is 6.10 Å². The summed E-state index contributed by atoms with van der Waals surface area (Å²) in [7, 11) is 0. The largest absolute Gasteiger partial charge is 0.385 e. The third-order valence-electron chi connectivity index (χ3n) is 2.22. The minimum Gasteiger partial charge on any atom is -0.385 e. The fourth-order valence-corrected chi connectivity index (χ4v) is 1.55. The topological polar surface area (TPSA) is 37.3 Å². The van der Waals surface area contributed by atoms with Crippen LogP contribution in [0, 0.1) is 5.92 Å². The van der Waals surface area contributed by atoms with Gasteiger partial charge in [-0.2, -0.15) is 0 Å². The Kier molecular flexibility index (Phi) is 2.87. The molecule has 0 heterocycles. The Bertz CT molecular complexity index is 106. The van der Waals surface area contributed by atoms with Gasteiger partial charge in [0, 0.05) is 0 Å². The van der Waals surface area contributed by atoms with E-state index in [9.17, 15) is 4.79 Å². The van der Waals surface area contributed by atoms with Crippen LogP contribution in [-0.4, -0.2) is 17.5 Å². The summed E-state index contributed by atoms with van der Waals surface area (Å²) >= 11 is 0. The van der Waals surface area contributed by atoms with E-state index in [4.69, 9.17) is 5.11 Å². The molecule has 1 aliphatic rings. The van der Waals surface area contributed by atoms with Crippen LogP contribution < -0.4 is 0 Å². The van der Waals surface area contributed by atoms with Crippen molar-refractivity contribution in [2.75, 3.05) is 0 Å². The van der Waals surface area contributed by atoms with Gasteiger partial charge >= 0.3 is 0 Å². The summed E-state index contributed by atoms with van der Waals surface area (Å²) in [5.41, 5.74) is 0. The predicted molar refractivity (Wildman–Crippen MR) is 38.3 cm³/mol. The van der Waals surface area contributed by atoms with Gasteiger partial charge in [0.25, 0.3) is 0 Å². The molecule has 57 valence electrons. The monoisotopic (exact) mass is 141 g/mol. The highest BCUT2D eigenvalue weighted by Gasteiger charge is 2.21. The molecule has 1 atom stereocenters. The summed E-state index contributed by atoms with van der Waals surface area (Å²) in [6.45, 7) is 0. The number of aliphatic hydroxyl groups excluding tert-OH is 1. The Hall–Kier alpha value is -0.370. The van der Waals surface area contributed by atoms with Crippen molar-refractivity contribution in [2.24, 2.45) is 5.92 Å². The molecule has 0 amide bonds. The number of carbonyl (C=O) groups excluding carboxylic acids is 1. The lowest BCUT2D eigenvalue weighted by atomic mass is 9.86. The standard InChI is InChI=1S/C8H13O2/c9-6-8(10)7-4-2-1-3-5-7/h7-8,10H,1-5H2/t8-/m0/s1. The van der Waals surface area contributed by atoms with Crippen molar-refractivity contribution in [1.82, 2.24) is 0 Å². The lowest BCUT2D eigenvalue weighted by Gasteiger charge is -2.22. The molecule has 2 heteroatoms. The Labute approximate surface area is 61.2 Å². The summed E-state index contributed by atoms with van der Waals surface area (Å²) in [6, 6.07) is 0. The maximum atomic E-state index is 10.0. The van der Waals surface area contributed by atoms with Crippen LogP contribution in [0.2, 0.25) is 0 Å². The van der Waals surface area contributed by atoms with Gasteiger partial charge in [-0.1, -0.05) is 19.3 Å². The highest BCUT2D eigenvalue weighted by molar-refractivity contribution is 5.57. The van der Waals surface area contributed by atoms with E-state index in [2.05, 4.69) is 0 Å². The second kappa shape index (κ2) is 3.71. The van der Waals surface area contributed by atoms with Gasteiger partial charge in [0.15, 0.2) is 0 Å². The maximum Gasteiger partial charge on any atom is 0.229 e. The zero-order valence-corrected chi connectivity index (χ0v) is 6.05. The average molecular weight is 141 g/mol. The summed E-state index contributed by atoms with van der Waals surface area (Å²) in [4.78, 5) is 10.0. The van der Waals surface area contributed by atoms with Gasteiger partial charge < -0.3 is 5.11 Å². The van der Waals surface area contributed by atoms with Crippen LogP contribution in [0.3, 0.4) is 0 Å². The van der Waals surface area contributed by atoms with Gasteiger partial charge in [-0.15, -0.1) is 0 Å². The fourth-order valence-electron chi connectivity index (χ4n) is 1.55. The lowest BCUT2D eigenvalue weighted by Crippen LogP contribution is -2.23. The third-order valence-corrected chi connectivity index (χ3v) is 2.22. The van der Waals surface area contributed by atoms with E-state index >= 15 is 0 Å². The Balaban J connectivity index is 2.30. The van der Waals surface area contributed by atoms with E-state index < -0.39 is 6.10 Å².